The van der Waals surface area contributed by atoms with Crippen LogP contribution in [0.3, 0.4) is 0 Å². The number of rotatable bonds is 3. The number of ether oxygens (including phenoxy) is 2. The third-order valence-electron chi connectivity index (χ3n) is 5.47. The van der Waals surface area contributed by atoms with Crippen molar-refractivity contribution in [3.05, 3.63) is 12.4 Å². The Labute approximate surface area is 146 Å². The first-order valence-electron chi connectivity index (χ1n) is 8.98. The topological polar surface area (TPSA) is 88.0 Å². The Bertz CT molecular complexity index is 617. The number of anilines is 2. The molecule has 1 spiro atoms. The summed E-state index contributed by atoms with van der Waals surface area (Å²) in [7, 11) is 0. The Morgan fingerprint density at radius 1 is 1.04 bits per heavy atom. The Morgan fingerprint density at radius 3 is 2.16 bits per heavy atom. The van der Waals surface area contributed by atoms with Gasteiger partial charge in [0.2, 0.25) is 0 Å². The van der Waals surface area contributed by atoms with Crippen molar-refractivity contribution < 1.29 is 19.4 Å². The lowest BCUT2D eigenvalue weighted by molar-refractivity contribution is -0.169. The van der Waals surface area contributed by atoms with E-state index in [0.717, 1.165) is 50.7 Å². The van der Waals surface area contributed by atoms with Gasteiger partial charge in [-0.1, -0.05) is 0 Å². The van der Waals surface area contributed by atoms with Crippen LogP contribution in [0.1, 0.15) is 25.7 Å². The van der Waals surface area contributed by atoms with Gasteiger partial charge in [-0.15, -0.1) is 0 Å². The molecule has 0 bridgehead atoms. The zero-order valence-corrected chi connectivity index (χ0v) is 14.3. The van der Waals surface area contributed by atoms with Crippen LogP contribution in [0.4, 0.5) is 11.6 Å². The molecule has 3 aliphatic heterocycles. The summed E-state index contributed by atoms with van der Waals surface area (Å²) in [6.07, 6.45) is 4.61. The Balaban J connectivity index is 1.39. The summed E-state index contributed by atoms with van der Waals surface area (Å²) in [6, 6.07) is 2.01. The molecule has 25 heavy (non-hydrogen) atoms. The monoisotopic (exact) mass is 348 g/mol. The standard InChI is InChI=1S/C17H24N4O4/c22-16(23)13-1-5-20(6-2-13)14-11-15(19-12-18-14)21-7-3-17(4-8-21)24-9-10-25-17/h11-13H,1-10H2,(H,22,23). The van der Waals surface area contributed by atoms with Crippen LogP contribution >= 0.6 is 0 Å². The maximum absolute atomic E-state index is 11.1. The zero-order valence-electron chi connectivity index (χ0n) is 14.3. The van der Waals surface area contributed by atoms with Crippen LogP contribution in [0.25, 0.3) is 0 Å². The molecule has 3 aliphatic rings. The Hall–Kier alpha value is -1.93. The summed E-state index contributed by atoms with van der Waals surface area (Å²) in [5, 5.41) is 9.13. The third-order valence-corrected chi connectivity index (χ3v) is 5.47. The number of piperidine rings is 2. The third kappa shape index (κ3) is 3.41. The van der Waals surface area contributed by atoms with Gasteiger partial charge in [-0.2, -0.15) is 0 Å². The SMILES string of the molecule is O=C(O)C1CCN(c2cc(N3CCC4(CC3)OCCO4)ncn2)CC1. The lowest BCUT2D eigenvalue weighted by atomic mass is 9.97. The molecule has 3 fully saturated rings. The van der Waals surface area contributed by atoms with Crippen LogP contribution in [0.2, 0.25) is 0 Å². The van der Waals surface area contributed by atoms with Gasteiger partial charge in [-0.25, -0.2) is 9.97 Å². The van der Waals surface area contributed by atoms with E-state index in [2.05, 4.69) is 19.8 Å². The van der Waals surface area contributed by atoms with E-state index >= 15 is 0 Å². The average molecular weight is 348 g/mol. The summed E-state index contributed by atoms with van der Waals surface area (Å²) >= 11 is 0. The van der Waals surface area contributed by atoms with Crippen LogP contribution in [-0.2, 0) is 14.3 Å². The second-order valence-corrected chi connectivity index (χ2v) is 6.93. The van der Waals surface area contributed by atoms with Crippen LogP contribution < -0.4 is 9.80 Å². The van der Waals surface area contributed by atoms with Gasteiger partial charge >= 0.3 is 5.97 Å². The molecule has 0 aliphatic carbocycles. The molecule has 1 aromatic rings. The predicted molar refractivity (Wildman–Crippen MR) is 90.7 cm³/mol. The number of carbonyl (C=O) groups is 1. The van der Waals surface area contributed by atoms with E-state index in [1.54, 1.807) is 6.33 Å². The van der Waals surface area contributed by atoms with E-state index in [-0.39, 0.29) is 11.7 Å². The summed E-state index contributed by atoms with van der Waals surface area (Å²) < 4.78 is 11.6. The van der Waals surface area contributed by atoms with E-state index in [1.807, 2.05) is 6.07 Å². The molecule has 0 saturated carbocycles. The van der Waals surface area contributed by atoms with E-state index in [0.29, 0.717) is 26.1 Å². The quantitative estimate of drug-likeness (QED) is 0.869. The van der Waals surface area contributed by atoms with Crippen molar-refractivity contribution in [2.75, 3.05) is 49.2 Å². The molecular formula is C17H24N4O4. The first kappa shape index (κ1) is 16.5. The van der Waals surface area contributed by atoms with Crippen molar-refractivity contribution in [2.45, 2.75) is 31.5 Å². The molecule has 3 saturated heterocycles. The smallest absolute Gasteiger partial charge is 0.306 e. The van der Waals surface area contributed by atoms with Crippen molar-refractivity contribution in [1.82, 2.24) is 9.97 Å². The largest absolute Gasteiger partial charge is 0.481 e. The number of nitrogens with zero attached hydrogens (tertiary/aromatic N) is 4. The lowest BCUT2D eigenvalue weighted by Gasteiger charge is -2.38. The van der Waals surface area contributed by atoms with E-state index < -0.39 is 5.97 Å². The highest BCUT2D eigenvalue weighted by Crippen LogP contribution is 2.33. The second-order valence-electron chi connectivity index (χ2n) is 6.93. The Kier molecular flexibility index (Phi) is 4.47. The van der Waals surface area contributed by atoms with Crippen LogP contribution in [0.15, 0.2) is 12.4 Å². The molecule has 0 unspecified atom stereocenters. The lowest BCUT2D eigenvalue weighted by Crippen LogP contribution is -2.45. The molecule has 0 radical (unpaired) electrons. The fourth-order valence-electron chi connectivity index (χ4n) is 3.90. The number of aliphatic carboxylic acids is 1. The minimum absolute atomic E-state index is 0.234. The van der Waals surface area contributed by atoms with Crippen molar-refractivity contribution in [3.63, 3.8) is 0 Å². The summed E-state index contributed by atoms with van der Waals surface area (Å²) in [4.78, 5) is 24.3. The highest BCUT2D eigenvalue weighted by molar-refractivity contribution is 5.70. The fourth-order valence-corrected chi connectivity index (χ4v) is 3.90. The van der Waals surface area contributed by atoms with Gasteiger partial charge in [0.05, 0.1) is 19.1 Å². The molecule has 0 amide bonds. The summed E-state index contributed by atoms with van der Waals surface area (Å²) in [5.74, 6) is 0.481. The molecule has 8 nitrogen and oxygen atoms in total. The van der Waals surface area contributed by atoms with Crippen molar-refractivity contribution in [2.24, 2.45) is 5.92 Å². The Morgan fingerprint density at radius 2 is 1.60 bits per heavy atom. The van der Waals surface area contributed by atoms with Crippen molar-refractivity contribution in [1.29, 1.82) is 0 Å². The fraction of sp³-hybridized carbons (Fsp3) is 0.706. The van der Waals surface area contributed by atoms with Crippen molar-refractivity contribution >= 4 is 17.6 Å². The van der Waals surface area contributed by atoms with E-state index in [9.17, 15) is 4.79 Å². The van der Waals surface area contributed by atoms with Gasteiger partial charge in [0.25, 0.3) is 0 Å². The zero-order chi connectivity index (χ0) is 17.3. The predicted octanol–water partition coefficient (Wildman–Crippen LogP) is 1.12. The molecule has 4 rings (SSSR count). The first-order valence-corrected chi connectivity index (χ1v) is 8.98. The average Bonchev–Trinajstić information content (AvgIpc) is 3.10. The van der Waals surface area contributed by atoms with Crippen LogP contribution in [0.5, 0.6) is 0 Å². The van der Waals surface area contributed by atoms with Gasteiger partial charge in [0, 0.05) is 45.1 Å². The molecular weight excluding hydrogens is 324 g/mol. The molecule has 1 N–H and O–H groups in total. The van der Waals surface area contributed by atoms with Crippen LogP contribution in [0, 0.1) is 5.92 Å². The van der Waals surface area contributed by atoms with Crippen LogP contribution in [-0.4, -0.2) is 66.2 Å². The number of carboxylic acids is 1. The molecule has 8 heteroatoms. The molecule has 4 heterocycles. The number of aromatic nitrogens is 2. The number of hydrogen-bond donors (Lipinski definition) is 1. The molecule has 0 atom stereocenters. The number of hydrogen-bond acceptors (Lipinski definition) is 7. The highest BCUT2D eigenvalue weighted by atomic mass is 16.7. The minimum Gasteiger partial charge on any atom is -0.481 e. The van der Waals surface area contributed by atoms with Gasteiger partial charge in [0.1, 0.15) is 18.0 Å². The normalized spacial score (nSPS) is 24.0. The van der Waals surface area contributed by atoms with Gasteiger partial charge < -0.3 is 24.4 Å². The second kappa shape index (κ2) is 6.76. The minimum atomic E-state index is -0.693. The highest BCUT2D eigenvalue weighted by Gasteiger charge is 2.40. The van der Waals surface area contributed by atoms with E-state index in [1.165, 1.54) is 0 Å². The van der Waals surface area contributed by atoms with Gasteiger partial charge in [-0.05, 0) is 12.8 Å². The number of carboxylic acid groups (broad SMARTS) is 1. The summed E-state index contributed by atoms with van der Waals surface area (Å²) in [5.41, 5.74) is 0. The molecule has 1 aromatic heterocycles. The van der Waals surface area contributed by atoms with Gasteiger partial charge in [0.15, 0.2) is 5.79 Å². The summed E-state index contributed by atoms with van der Waals surface area (Å²) in [6.45, 7) is 4.50. The van der Waals surface area contributed by atoms with E-state index in [4.69, 9.17) is 14.6 Å². The van der Waals surface area contributed by atoms with Gasteiger partial charge in [-0.3, -0.25) is 4.79 Å². The maximum Gasteiger partial charge on any atom is 0.306 e. The maximum atomic E-state index is 11.1. The molecule has 0 aromatic carbocycles. The van der Waals surface area contributed by atoms with Crippen molar-refractivity contribution in [3.8, 4) is 0 Å². The first-order chi connectivity index (χ1) is 12.2. The molecule has 136 valence electrons.